The molecule has 0 unspecified atom stereocenters. The molecule has 2 aromatic rings. The molecule has 1 saturated heterocycles. The molecule has 0 bridgehead atoms. The van der Waals surface area contributed by atoms with Crippen LogP contribution >= 0.6 is 0 Å². The van der Waals surface area contributed by atoms with Gasteiger partial charge in [-0.25, -0.2) is 13.4 Å². The topological polar surface area (TPSA) is 76.6 Å². The molecule has 6 nitrogen and oxygen atoms in total. The van der Waals surface area contributed by atoms with Gasteiger partial charge in [0.1, 0.15) is 0 Å². The number of amides is 1. The fourth-order valence-corrected chi connectivity index (χ4v) is 4.29. The van der Waals surface area contributed by atoms with Crippen molar-refractivity contribution < 1.29 is 17.9 Å². The van der Waals surface area contributed by atoms with E-state index >= 15 is 0 Å². The van der Waals surface area contributed by atoms with Gasteiger partial charge < -0.3 is 9.64 Å². The monoisotopic (exact) mass is 348 g/mol. The van der Waals surface area contributed by atoms with Crippen LogP contribution in [0, 0.1) is 0 Å². The molecule has 1 aromatic carbocycles. The molecule has 24 heavy (non-hydrogen) atoms. The standard InChI is InChI=1S/C17H20N2O4S/c1-17(2)11-19(8-9-24(17,21)22)16(20)13-10-15(23-3)18-14-7-5-4-6-12(13)14/h4-7,10H,8-9,11H2,1-3H3. The molecule has 1 aliphatic heterocycles. The molecule has 1 aliphatic rings. The van der Waals surface area contributed by atoms with Crippen LogP contribution in [0.15, 0.2) is 30.3 Å². The van der Waals surface area contributed by atoms with Gasteiger partial charge in [-0.2, -0.15) is 0 Å². The zero-order valence-electron chi connectivity index (χ0n) is 13.9. The van der Waals surface area contributed by atoms with E-state index in [4.69, 9.17) is 4.74 Å². The number of carbonyl (C=O) groups excluding carboxylic acids is 1. The van der Waals surface area contributed by atoms with Gasteiger partial charge >= 0.3 is 0 Å². The van der Waals surface area contributed by atoms with Crippen molar-refractivity contribution >= 4 is 26.6 Å². The maximum Gasteiger partial charge on any atom is 0.254 e. The average molecular weight is 348 g/mol. The van der Waals surface area contributed by atoms with Crippen LogP contribution in [-0.2, 0) is 9.84 Å². The number of rotatable bonds is 2. The molecule has 1 aromatic heterocycles. The number of nitrogens with zero attached hydrogens (tertiary/aromatic N) is 2. The molecule has 0 N–H and O–H groups in total. The summed E-state index contributed by atoms with van der Waals surface area (Å²) in [6.07, 6.45) is 0. The summed E-state index contributed by atoms with van der Waals surface area (Å²) < 4.78 is 28.6. The van der Waals surface area contributed by atoms with Crippen molar-refractivity contribution in [3.63, 3.8) is 0 Å². The zero-order valence-corrected chi connectivity index (χ0v) is 14.8. The molecular weight excluding hydrogens is 328 g/mol. The van der Waals surface area contributed by atoms with E-state index in [1.165, 1.54) is 7.11 Å². The van der Waals surface area contributed by atoms with E-state index in [1.807, 2.05) is 24.3 Å². The minimum absolute atomic E-state index is 0.0219. The Morgan fingerprint density at radius 1 is 1.29 bits per heavy atom. The molecule has 1 fully saturated rings. The van der Waals surface area contributed by atoms with Gasteiger partial charge in [0.15, 0.2) is 9.84 Å². The number of hydrogen-bond acceptors (Lipinski definition) is 5. The van der Waals surface area contributed by atoms with E-state index in [0.717, 1.165) is 5.39 Å². The number of ether oxygens (including phenoxy) is 1. The minimum atomic E-state index is -3.20. The Hall–Kier alpha value is -2.15. The summed E-state index contributed by atoms with van der Waals surface area (Å²) in [5.41, 5.74) is 1.15. The molecule has 0 aliphatic carbocycles. The first-order chi connectivity index (χ1) is 11.2. The van der Waals surface area contributed by atoms with Gasteiger partial charge in [0.2, 0.25) is 5.88 Å². The first-order valence-corrected chi connectivity index (χ1v) is 9.36. The molecule has 0 spiro atoms. The third-order valence-corrected chi connectivity index (χ3v) is 7.00. The molecule has 0 radical (unpaired) electrons. The van der Waals surface area contributed by atoms with Gasteiger partial charge in [0.05, 0.1) is 28.7 Å². The highest BCUT2D eigenvalue weighted by atomic mass is 32.2. The van der Waals surface area contributed by atoms with Gasteiger partial charge in [-0.15, -0.1) is 0 Å². The maximum atomic E-state index is 13.0. The third-order valence-electron chi connectivity index (χ3n) is 4.46. The lowest BCUT2D eigenvalue weighted by molar-refractivity contribution is 0.0745. The van der Waals surface area contributed by atoms with Crippen molar-refractivity contribution in [3.05, 3.63) is 35.9 Å². The number of sulfone groups is 1. The number of aromatic nitrogens is 1. The third kappa shape index (κ3) is 2.73. The van der Waals surface area contributed by atoms with Crippen LogP contribution < -0.4 is 4.74 Å². The minimum Gasteiger partial charge on any atom is -0.481 e. The number of pyridine rings is 1. The molecule has 0 atom stereocenters. The fourth-order valence-electron chi connectivity index (χ4n) is 2.92. The van der Waals surface area contributed by atoms with E-state index in [9.17, 15) is 13.2 Å². The van der Waals surface area contributed by atoms with Gasteiger partial charge in [-0.1, -0.05) is 18.2 Å². The summed E-state index contributed by atoms with van der Waals surface area (Å²) in [6, 6.07) is 8.96. The highest BCUT2D eigenvalue weighted by Gasteiger charge is 2.41. The molecule has 128 valence electrons. The molecular formula is C17H20N2O4S. The Morgan fingerprint density at radius 2 is 2.00 bits per heavy atom. The second kappa shape index (κ2) is 5.73. The Balaban J connectivity index is 2.03. The normalized spacial score (nSPS) is 19.2. The largest absolute Gasteiger partial charge is 0.481 e. The Labute approximate surface area is 141 Å². The summed E-state index contributed by atoms with van der Waals surface area (Å²) in [4.78, 5) is 19.0. The summed E-state index contributed by atoms with van der Waals surface area (Å²) in [5, 5.41) is 0.731. The molecule has 1 amide bonds. The lowest BCUT2D eigenvalue weighted by Crippen LogP contribution is -2.54. The first kappa shape index (κ1) is 16.7. The van der Waals surface area contributed by atoms with Crippen LogP contribution in [0.25, 0.3) is 10.9 Å². The lowest BCUT2D eigenvalue weighted by Gasteiger charge is -2.37. The zero-order chi connectivity index (χ0) is 17.5. The highest BCUT2D eigenvalue weighted by Crippen LogP contribution is 2.28. The smallest absolute Gasteiger partial charge is 0.254 e. The number of fused-ring (bicyclic) bond motifs is 1. The number of carbonyl (C=O) groups is 1. The van der Waals surface area contributed by atoms with Crippen molar-refractivity contribution in [2.24, 2.45) is 0 Å². The van der Waals surface area contributed by atoms with E-state index in [1.54, 1.807) is 24.8 Å². The van der Waals surface area contributed by atoms with Crippen molar-refractivity contribution in [2.75, 3.05) is 26.0 Å². The molecule has 0 saturated carbocycles. The second-order valence-electron chi connectivity index (χ2n) is 6.53. The number of methoxy groups -OCH3 is 1. The Kier molecular flexibility index (Phi) is 3.99. The number of benzene rings is 1. The predicted molar refractivity (Wildman–Crippen MR) is 92.1 cm³/mol. The van der Waals surface area contributed by atoms with Crippen molar-refractivity contribution in [1.29, 1.82) is 0 Å². The molecule has 3 rings (SSSR count). The first-order valence-electron chi connectivity index (χ1n) is 7.70. The van der Waals surface area contributed by atoms with Crippen molar-refractivity contribution in [3.8, 4) is 5.88 Å². The lowest BCUT2D eigenvalue weighted by atomic mass is 10.1. The maximum absolute atomic E-state index is 13.0. The van der Waals surface area contributed by atoms with Gasteiger partial charge in [-0.3, -0.25) is 4.79 Å². The average Bonchev–Trinajstić information content (AvgIpc) is 2.55. The number of para-hydroxylation sites is 1. The number of hydrogen-bond donors (Lipinski definition) is 0. The fraction of sp³-hybridized carbons (Fsp3) is 0.412. The van der Waals surface area contributed by atoms with E-state index in [-0.39, 0.29) is 24.7 Å². The van der Waals surface area contributed by atoms with Crippen LogP contribution in [0.2, 0.25) is 0 Å². The van der Waals surface area contributed by atoms with Crippen LogP contribution in [0.1, 0.15) is 24.2 Å². The van der Waals surface area contributed by atoms with E-state index in [2.05, 4.69) is 4.98 Å². The highest BCUT2D eigenvalue weighted by molar-refractivity contribution is 7.92. The quantitative estimate of drug-likeness (QED) is 0.828. The summed E-state index contributed by atoms with van der Waals surface area (Å²) in [7, 11) is -1.69. The second-order valence-corrected chi connectivity index (χ2v) is 9.28. The van der Waals surface area contributed by atoms with Gasteiger partial charge in [-0.05, 0) is 19.9 Å². The van der Waals surface area contributed by atoms with Gasteiger partial charge in [0.25, 0.3) is 5.91 Å². The van der Waals surface area contributed by atoms with E-state index < -0.39 is 14.6 Å². The van der Waals surface area contributed by atoms with Crippen LogP contribution in [0.3, 0.4) is 0 Å². The van der Waals surface area contributed by atoms with E-state index in [0.29, 0.717) is 17.0 Å². The molecule has 7 heteroatoms. The van der Waals surface area contributed by atoms with Crippen molar-refractivity contribution in [1.82, 2.24) is 9.88 Å². The Morgan fingerprint density at radius 3 is 2.67 bits per heavy atom. The molecule has 2 heterocycles. The van der Waals surface area contributed by atoms with Crippen LogP contribution in [0.4, 0.5) is 0 Å². The Bertz CT molecular complexity index is 906. The summed E-state index contributed by atoms with van der Waals surface area (Å²) in [5.74, 6) is 0.141. The summed E-state index contributed by atoms with van der Waals surface area (Å²) >= 11 is 0. The van der Waals surface area contributed by atoms with Crippen molar-refractivity contribution in [2.45, 2.75) is 18.6 Å². The van der Waals surface area contributed by atoms with Crippen LogP contribution in [-0.4, -0.2) is 54.9 Å². The van der Waals surface area contributed by atoms with Crippen LogP contribution in [0.5, 0.6) is 5.88 Å². The van der Waals surface area contributed by atoms with Gasteiger partial charge in [0, 0.05) is 24.5 Å². The SMILES string of the molecule is COc1cc(C(=O)N2CCS(=O)(=O)C(C)(C)C2)c2ccccc2n1. The summed E-state index contributed by atoms with van der Waals surface area (Å²) in [6.45, 7) is 3.69. The predicted octanol–water partition coefficient (Wildman–Crippen LogP) is 1.89.